The van der Waals surface area contributed by atoms with E-state index in [1.807, 2.05) is 54.6 Å². The van der Waals surface area contributed by atoms with Crippen molar-refractivity contribution < 1.29 is 9.84 Å². The predicted molar refractivity (Wildman–Crippen MR) is 84.5 cm³/mol. The Morgan fingerprint density at radius 1 is 0.810 bits per heavy atom. The molecule has 0 fully saturated rings. The zero-order chi connectivity index (χ0) is 14.7. The van der Waals surface area contributed by atoms with Crippen LogP contribution in [0.15, 0.2) is 72.8 Å². The quantitative estimate of drug-likeness (QED) is 0.550. The molecule has 0 unspecified atom stereocenters. The molecule has 3 nitrogen and oxygen atoms in total. The van der Waals surface area contributed by atoms with Gasteiger partial charge in [-0.15, -0.1) is 0 Å². The van der Waals surface area contributed by atoms with E-state index >= 15 is 0 Å². The number of phenols is 1. The Morgan fingerprint density at radius 3 is 2.29 bits per heavy atom. The Kier molecular flexibility index (Phi) is 3.48. The van der Waals surface area contributed by atoms with Crippen LogP contribution in [0.25, 0.3) is 11.1 Å². The van der Waals surface area contributed by atoms with Crippen molar-refractivity contribution in [3.8, 4) is 28.4 Å². The van der Waals surface area contributed by atoms with Gasteiger partial charge in [0.2, 0.25) is 0 Å². The van der Waals surface area contributed by atoms with E-state index in [0.717, 1.165) is 16.9 Å². The second-order valence-electron chi connectivity index (χ2n) is 4.68. The molecule has 0 saturated carbocycles. The third-order valence-electron chi connectivity index (χ3n) is 3.20. The first-order valence-corrected chi connectivity index (χ1v) is 6.65. The van der Waals surface area contributed by atoms with Crippen LogP contribution in [-0.4, -0.2) is 5.11 Å². The lowest BCUT2D eigenvalue weighted by Crippen LogP contribution is -1.90. The van der Waals surface area contributed by atoms with E-state index < -0.39 is 0 Å². The zero-order valence-electron chi connectivity index (χ0n) is 11.4. The van der Waals surface area contributed by atoms with Gasteiger partial charge in [0, 0.05) is 11.6 Å². The van der Waals surface area contributed by atoms with E-state index in [4.69, 9.17) is 10.5 Å². The number of aromatic hydroxyl groups is 1. The van der Waals surface area contributed by atoms with E-state index in [1.54, 1.807) is 12.1 Å². The van der Waals surface area contributed by atoms with E-state index in [0.29, 0.717) is 11.4 Å². The van der Waals surface area contributed by atoms with Crippen molar-refractivity contribution >= 4 is 5.69 Å². The van der Waals surface area contributed by atoms with Gasteiger partial charge in [0.1, 0.15) is 17.2 Å². The molecule has 0 amide bonds. The van der Waals surface area contributed by atoms with Crippen molar-refractivity contribution in [2.24, 2.45) is 0 Å². The molecule has 0 atom stereocenters. The first kappa shape index (κ1) is 13.1. The van der Waals surface area contributed by atoms with Crippen molar-refractivity contribution in [3.63, 3.8) is 0 Å². The molecule has 0 aliphatic rings. The fourth-order valence-corrected chi connectivity index (χ4v) is 2.13. The lowest BCUT2D eigenvalue weighted by Gasteiger charge is -2.12. The molecule has 0 aliphatic carbocycles. The molecule has 3 N–H and O–H groups in total. The van der Waals surface area contributed by atoms with Gasteiger partial charge >= 0.3 is 0 Å². The highest BCUT2D eigenvalue weighted by molar-refractivity contribution is 5.70. The molecular formula is C18H15NO2. The van der Waals surface area contributed by atoms with Gasteiger partial charge in [-0.2, -0.15) is 0 Å². The van der Waals surface area contributed by atoms with Gasteiger partial charge in [0.05, 0.1) is 5.69 Å². The number of para-hydroxylation sites is 1. The summed E-state index contributed by atoms with van der Waals surface area (Å²) in [6.45, 7) is 0. The molecule has 3 heteroatoms. The lowest BCUT2D eigenvalue weighted by atomic mass is 10.0. The fraction of sp³-hybridized carbons (Fsp3) is 0. The molecule has 0 aliphatic heterocycles. The van der Waals surface area contributed by atoms with Crippen molar-refractivity contribution in [3.05, 3.63) is 72.8 Å². The smallest absolute Gasteiger partial charge is 0.142 e. The molecule has 3 aromatic carbocycles. The summed E-state index contributed by atoms with van der Waals surface area (Å²) in [6.07, 6.45) is 0. The first-order chi connectivity index (χ1) is 10.2. The molecule has 3 aromatic rings. The average molecular weight is 277 g/mol. The number of nitrogens with two attached hydrogens (primary N) is 1. The van der Waals surface area contributed by atoms with Gasteiger partial charge in [0.25, 0.3) is 0 Å². The van der Waals surface area contributed by atoms with Crippen molar-refractivity contribution in [1.82, 2.24) is 0 Å². The average Bonchev–Trinajstić information content (AvgIpc) is 2.52. The topological polar surface area (TPSA) is 55.5 Å². The molecule has 0 radical (unpaired) electrons. The molecule has 0 aromatic heterocycles. The minimum absolute atomic E-state index is 0.0182. The molecule has 3 rings (SSSR count). The number of rotatable bonds is 3. The lowest BCUT2D eigenvalue weighted by molar-refractivity contribution is 0.458. The number of nitrogen functional groups attached to an aromatic ring is 1. The van der Waals surface area contributed by atoms with Crippen LogP contribution in [0.4, 0.5) is 5.69 Å². The molecule has 0 bridgehead atoms. The standard InChI is InChI=1S/C18H15NO2/c19-16-11-10-14(12-17(16)20)21-18-9-5-4-8-15(18)13-6-2-1-3-7-13/h1-12,20H,19H2. The van der Waals surface area contributed by atoms with Crippen LogP contribution in [0, 0.1) is 0 Å². The fourth-order valence-electron chi connectivity index (χ4n) is 2.13. The monoisotopic (exact) mass is 277 g/mol. The Labute approximate surface area is 123 Å². The molecule has 21 heavy (non-hydrogen) atoms. The highest BCUT2D eigenvalue weighted by atomic mass is 16.5. The second-order valence-corrected chi connectivity index (χ2v) is 4.68. The van der Waals surface area contributed by atoms with Crippen LogP contribution in [-0.2, 0) is 0 Å². The summed E-state index contributed by atoms with van der Waals surface area (Å²) in [5, 5.41) is 9.66. The molecule has 104 valence electrons. The van der Waals surface area contributed by atoms with Crippen LogP contribution in [0.1, 0.15) is 0 Å². The third kappa shape index (κ3) is 2.82. The van der Waals surface area contributed by atoms with E-state index in [1.165, 1.54) is 6.07 Å². The summed E-state index contributed by atoms with van der Waals surface area (Å²) in [6, 6.07) is 22.7. The van der Waals surface area contributed by atoms with Gasteiger partial charge in [-0.3, -0.25) is 0 Å². The Balaban J connectivity index is 1.98. The molecule has 0 saturated heterocycles. The van der Waals surface area contributed by atoms with Crippen LogP contribution in [0.3, 0.4) is 0 Å². The Bertz CT molecular complexity index is 754. The van der Waals surface area contributed by atoms with Gasteiger partial charge in [-0.25, -0.2) is 0 Å². The Hall–Kier alpha value is -2.94. The van der Waals surface area contributed by atoms with Crippen molar-refractivity contribution in [1.29, 1.82) is 0 Å². The number of hydrogen-bond acceptors (Lipinski definition) is 3. The zero-order valence-corrected chi connectivity index (χ0v) is 11.4. The van der Waals surface area contributed by atoms with Crippen LogP contribution in [0.2, 0.25) is 0 Å². The summed E-state index contributed by atoms with van der Waals surface area (Å²) in [5.74, 6) is 1.29. The van der Waals surface area contributed by atoms with E-state index in [9.17, 15) is 5.11 Å². The van der Waals surface area contributed by atoms with Crippen molar-refractivity contribution in [2.75, 3.05) is 5.73 Å². The summed E-state index contributed by atoms with van der Waals surface area (Å²) in [5.41, 5.74) is 8.00. The van der Waals surface area contributed by atoms with E-state index in [-0.39, 0.29) is 5.75 Å². The molecular weight excluding hydrogens is 262 g/mol. The van der Waals surface area contributed by atoms with Gasteiger partial charge < -0.3 is 15.6 Å². The number of hydrogen-bond donors (Lipinski definition) is 2. The summed E-state index contributed by atoms with van der Waals surface area (Å²) in [4.78, 5) is 0. The number of phenolic OH excluding ortho intramolecular Hbond substituents is 1. The number of anilines is 1. The summed E-state index contributed by atoms with van der Waals surface area (Å²) in [7, 11) is 0. The van der Waals surface area contributed by atoms with Crippen LogP contribution >= 0.6 is 0 Å². The minimum Gasteiger partial charge on any atom is -0.506 e. The maximum absolute atomic E-state index is 9.66. The predicted octanol–water partition coefficient (Wildman–Crippen LogP) is 4.43. The van der Waals surface area contributed by atoms with Crippen LogP contribution in [0.5, 0.6) is 17.2 Å². The SMILES string of the molecule is Nc1ccc(Oc2ccccc2-c2ccccc2)cc1O. The largest absolute Gasteiger partial charge is 0.506 e. The maximum Gasteiger partial charge on any atom is 0.142 e. The number of benzene rings is 3. The van der Waals surface area contributed by atoms with Crippen molar-refractivity contribution in [2.45, 2.75) is 0 Å². The maximum atomic E-state index is 9.66. The highest BCUT2D eigenvalue weighted by Gasteiger charge is 2.07. The Morgan fingerprint density at radius 2 is 1.52 bits per heavy atom. The van der Waals surface area contributed by atoms with Gasteiger partial charge in [-0.1, -0.05) is 48.5 Å². The summed E-state index contributed by atoms with van der Waals surface area (Å²) >= 11 is 0. The minimum atomic E-state index is 0.0182. The summed E-state index contributed by atoms with van der Waals surface area (Å²) < 4.78 is 5.88. The van der Waals surface area contributed by atoms with Gasteiger partial charge in [-0.05, 0) is 23.8 Å². The normalized spacial score (nSPS) is 10.3. The second kappa shape index (κ2) is 5.59. The molecule has 0 heterocycles. The number of ether oxygens (including phenoxy) is 1. The highest BCUT2D eigenvalue weighted by Crippen LogP contribution is 2.35. The van der Waals surface area contributed by atoms with Crippen LogP contribution < -0.4 is 10.5 Å². The molecule has 0 spiro atoms. The third-order valence-corrected chi connectivity index (χ3v) is 3.20. The van der Waals surface area contributed by atoms with E-state index in [2.05, 4.69) is 0 Å². The van der Waals surface area contributed by atoms with Gasteiger partial charge in [0.15, 0.2) is 0 Å². The first-order valence-electron chi connectivity index (χ1n) is 6.65.